The van der Waals surface area contributed by atoms with E-state index in [1.165, 1.54) is 0 Å². The Morgan fingerprint density at radius 1 is 1.35 bits per heavy atom. The fourth-order valence-corrected chi connectivity index (χ4v) is 2.44. The Morgan fingerprint density at radius 2 is 2.25 bits per heavy atom. The maximum atomic E-state index is 6.10. The number of nitrogens with one attached hydrogen (secondary N) is 1. The predicted octanol–water partition coefficient (Wildman–Crippen LogP) is 2.66. The van der Waals surface area contributed by atoms with Crippen molar-refractivity contribution in [3.63, 3.8) is 0 Å². The van der Waals surface area contributed by atoms with E-state index in [-0.39, 0.29) is 0 Å². The first kappa shape index (κ1) is 13.5. The maximum absolute atomic E-state index is 6.10. The summed E-state index contributed by atoms with van der Waals surface area (Å²) in [6.07, 6.45) is 2.56. The molecule has 2 aromatic rings. The Kier molecular flexibility index (Phi) is 4.30. The Balaban J connectivity index is 1.58. The van der Waals surface area contributed by atoms with Gasteiger partial charge in [-0.25, -0.2) is 0 Å². The molecule has 1 aliphatic heterocycles. The van der Waals surface area contributed by atoms with Crippen molar-refractivity contribution < 1.29 is 9.26 Å². The van der Waals surface area contributed by atoms with Crippen LogP contribution in [0.3, 0.4) is 0 Å². The zero-order valence-electron chi connectivity index (χ0n) is 11.0. The minimum Gasteiger partial charge on any atom is -0.377 e. The average Bonchev–Trinajstić information content (AvgIpc) is 3.11. The van der Waals surface area contributed by atoms with E-state index < -0.39 is 0 Å². The van der Waals surface area contributed by atoms with Gasteiger partial charge in [0.1, 0.15) is 0 Å². The highest BCUT2D eigenvalue weighted by Crippen LogP contribution is 2.24. The van der Waals surface area contributed by atoms with Gasteiger partial charge in [0, 0.05) is 18.7 Å². The molecule has 106 valence electrons. The van der Waals surface area contributed by atoms with Crippen LogP contribution in [-0.4, -0.2) is 29.4 Å². The van der Waals surface area contributed by atoms with E-state index in [0.29, 0.717) is 29.4 Å². The van der Waals surface area contributed by atoms with Crippen LogP contribution < -0.4 is 5.32 Å². The molecule has 6 heteroatoms. The third-order valence-corrected chi connectivity index (χ3v) is 3.58. The quantitative estimate of drug-likeness (QED) is 0.918. The Hall–Kier alpha value is -1.43. The SMILES string of the molecule is Clc1ccccc1-c1noc(CNCC2CCCO2)n1. The standard InChI is InChI=1S/C14H16ClN3O2/c15-12-6-2-1-5-11(12)14-17-13(20-18-14)9-16-8-10-4-3-7-19-10/h1-2,5-6,10,16H,3-4,7-9H2. The molecule has 1 unspecified atom stereocenters. The van der Waals surface area contributed by atoms with Crippen molar-refractivity contribution in [1.29, 1.82) is 0 Å². The highest BCUT2D eigenvalue weighted by molar-refractivity contribution is 6.33. The van der Waals surface area contributed by atoms with Crippen molar-refractivity contribution in [2.45, 2.75) is 25.5 Å². The zero-order chi connectivity index (χ0) is 13.8. The summed E-state index contributed by atoms with van der Waals surface area (Å²) < 4.78 is 10.8. The second-order valence-corrected chi connectivity index (χ2v) is 5.16. The Bertz CT molecular complexity index is 567. The summed E-state index contributed by atoms with van der Waals surface area (Å²) in [6, 6.07) is 7.45. The molecule has 1 atom stereocenters. The van der Waals surface area contributed by atoms with Gasteiger partial charge in [0.2, 0.25) is 11.7 Å². The van der Waals surface area contributed by atoms with Crippen LogP contribution >= 0.6 is 11.6 Å². The molecule has 1 saturated heterocycles. The van der Waals surface area contributed by atoms with Crippen molar-refractivity contribution in [1.82, 2.24) is 15.5 Å². The van der Waals surface area contributed by atoms with Crippen LogP contribution in [0.5, 0.6) is 0 Å². The van der Waals surface area contributed by atoms with E-state index >= 15 is 0 Å². The molecule has 5 nitrogen and oxygen atoms in total. The highest BCUT2D eigenvalue weighted by Gasteiger charge is 2.16. The van der Waals surface area contributed by atoms with Crippen LogP contribution in [0.1, 0.15) is 18.7 Å². The van der Waals surface area contributed by atoms with Gasteiger partial charge in [0.15, 0.2) is 0 Å². The van der Waals surface area contributed by atoms with E-state index in [9.17, 15) is 0 Å². The van der Waals surface area contributed by atoms with Crippen LogP contribution in [-0.2, 0) is 11.3 Å². The molecule has 2 heterocycles. The van der Waals surface area contributed by atoms with Crippen LogP contribution in [0.4, 0.5) is 0 Å². The fraction of sp³-hybridized carbons (Fsp3) is 0.429. The second-order valence-electron chi connectivity index (χ2n) is 4.76. The molecular weight excluding hydrogens is 278 g/mol. The van der Waals surface area contributed by atoms with Gasteiger partial charge in [0.05, 0.1) is 17.7 Å². The van der Waals surface area contributed by atoms with Gasteiger partial charge in [-0.1, -0.05) is 28.9 Å². The number of halogens is 1. The molecular formula is C14H16ClN3O2. The third kappa shape index (κ3) is 3.17. The lowest BCUT2D eigenvalue weighted by Crippen LogP contribution is -2.25. The van der Waals surface area contributed by atoms with Gasteiger partial charge in [0.25, 0.3) is 0 Å². The lowest BCUT2D eigenvalue weighted by atomic mass is 10.2. The molecule has 1 aromatic heterocycles. The molecule has 3 rings (SSSR count). The van der Waals surface area contributed by atoms with Crippen molar-refractivity contribution >= 4 is 11.6 Å². The molecule has 0 spiro atoms. The molecule has 1 aliphatic rings. The van der Waals surface area contributed by atoms with E-state index in [4.69, 9.17) is 20.9 Å². The summed E-state index contributed by atoms with van der Waals surface area (Å²) in [5, 5.41) is 7.84. The summed E-state index contributed by atoms with van der Waals surface area (Å²) in [4.78, 5) is 4.34. The monoisotopic (exact) mass is 293 g/mol. The summed E-state index contributed by atoms with van der Waals surface area (Å²) in [6.45, 7) is 2.21. The highest BCUT2D eigenvalue weighted by atomic mass is 35.5. The smallest absolute Gasteiger partial charge is 0.240 e. The Morgan fingerprint density at radius 3 is 3.05 bits per heavy atom. The molecule has 1 aromatic carbocycles. The topological polar surface area (TPSA) is 60.2 Å². The minimum absolute atomic E-state index is 0.306. The summed E-state index contributed by atoms with van der Waals surface area (Å²) in [5.41, 5.74) is 0.781. The van der Waals surface area contributed by atoms with E-state index in [2.05, 4.69) is 15.5 Å². The number of rotatable bonds is 5. The first-order valence-electron chi connectivity index (χ1n) is 6.73. The van der Waals surface area contributed by atoms with Gasteiger partial charge in [-0.3, -0.25) is 0 Å². The second kappa shape index (κ2) is 6.35. The molecule has 0 bridgehead atoms. The molecule has 1 fully saturated rings. The van der Waals surface area contributed by atoms with Gasteiger partial charge in [-0.2, -0.15) is 4.98 Å². The number of ether oxygens (including phenoxy) is 1. The molecule has 0 radical (unpaired) electrons. The van der Waals surface area contributed by atoms with Crippen molar-refractivity contribution in [3.05, 3.63) is 35.2 Å². The van der Waals surface area contributed by atoms with Crippen molar-refractivity contribution in [2.24, 2.45) is 0 Å². The van der Waals surface area contributed by atoms with Gasteiger partial charge in [-0.05, 0) is 25.0 Å². The summed E-state index contributed by atoms with van der Waals surface area (Å²) in [5.74, 6) is 1.07. The first-order valence-corrected chi connectivity index (χ1v) is 7.10. The third-order valence-electron chi connectivity index (χ3n) is 3.26. The first-order chi connectivity index (χ1) is 9.83. The largest absolute Gasteiger partial charge is 0.377 e. The normalized spacial score (nSPS) is 18.6. The maximum Gasteiger partial charge on any atom is 0.240 e. The molecule has 0 aliphatic carbocycles. The van der Waals surface area contributed by atoms with Gasteiger partial charge in [-0.15, -0.1) is 0 Å². The van der Waals surface area contributed by atoms with Crippen LogP contribution in [0.25, 0.3) is 11.4 Å². The van der Waals surface area contributed by atoms with Crippen molar-refractivity contribution in [3.8, 4) is 11.4 Å². The lowest BCUT2D eigenvalue weighted by molar-refractivity contribution is 0.109. The molecule has 20 heavy (non-hydrogen) atoms. The number of nitrogens with zero attached hydrogens (tertiary/aromatic N) is 2. The van der Waals surface area contributed by atoms with Crippen LogP contribution in [0.15, 0.2) is 28.8 Å². The molecule has 0 amide bonds. The van der Waals surface area contributed by atoms with Gasteiger partial charge < -0.3 is 14.6 Å². The number of hydrogen-bond donors (Lipinski definition) is 1. The average molecular weight is 294 g/mol. The van der Waals surface area contributed by atoms with E-state index in [0.717, 1.165) is 31.6 Å². The lowest BCUT2D eigenvalue weighted by Gasteiger charge is -2.08. The molecule has 1 N–H and O–H groups in total. The minimum atomic E-state index is 0.306. The molecule has 0 saturated carbocycles. The summed E-state index contributed by atoms with van der Waals surface area (Å²) in [7, 11) is 0. The number of aromatic nitrogens is 2. The van der Waals surface area contributed by atoms with Crippen LogP contribution in [0, 0.1) is 0 Å². The number of benzene rings is 1. The zero-order valence-corrected chi connectivity index (χ0v) is 11.8. The van der Waals surface area contributed by atoms with Crippen molar-refractivity contribution in [2.75, 3.05) is 13.2 Å². The van der Waals surface area contributed by atoms with E-state index in [1.807, 2.05) is 24.3 Å². The Labute approximate surface area is 122 Å². The number of hydrogen-bond acceptors (Lipinski definition) is 5. The van der Waals surface area contributed by atoms with E-state index in [1.54, 1.807) is 0 Å². The van der Waals surface area contributed by atoms with Gasteiger partial charge >= 0.3 is 0 Å². The fourth-order valence-electron chi connectivity index (χ4n) is 2.22. The van der Waals surface area contributed by atoms with Crippen LogP contribution in [0.2, 0.25) is 5.02 Å². The summed E-state index contributed by atoms with van der Waals surface area (Å²) >= 11 is 6.10. The predicted molar refractivity (Wildman–Crippen MR) is 75.4 cm³/mol.